The molecule has 4 rings (SSSR count). The number of piperidine rings is 2. The van der Waals surface area contributed by atoms with Crippen LogP contribution in [0.5, 0.6) is 0 Å². The van der Waals surface area contributed by atoms with E-state index in [4.69, 9.17) is 9.47 Å². The zero-order valence-corrected chi connectivity index (χ0v) is 24.7. The lowest BCUT2D eigenvalue weighted by molar-refractivity contribution is 0.00290. The molecule has 0 saturated carbocycles. The van der Waals surface area contributed by atoms with Crippen molar-refractivity contribution in [2.75, 3.05) is 26.2 Å². The molecule has 0 aliphatic carbocycles. The maximum Gasteiger partial charge on any atom is 0.410 e. The van der Waals surface area contributed by atoms with Crippen molar-refractivity contribution in [3.8, 4) is 0 Å². The molecule has 2 aromatic carbocycles. The predicted octanol–water partition coefficient (Wildman–Crippen LogP) is 6.18. The topological polar surface area (TPSA) is 99.5 Å². The van der Waals surface area contributed by atoms with Gasteiger partial charge >= 0.3 is 12.2 Å². The van der Waals surface area contributed by atoms with E-state index in [2.05, 4.69) is 0 Å². The minimum atomic E-state index is -0.491. The van der Waals surface area contributed by atoms with Crippen molar-refractivity contribution < 1.29 is 29.3 Å². The monoisotopic (exact) mass is 570 g/mol. The Hall–Kier alpha value is -3.10. The summed E-state index contributed by atoms with van der Waals surface area (Å²) >= 11 is 0. The Morgan fingerprint density at radius 1 is 0.659 bits per heavy atom. The minimum absolute atomic E-state index is 0. The van der Waals surface area contributed by atoms with Crippen LogP contribution in [0, 0.1) is 0 Å². The van der Waals surface area contributed by atoms with Gasteiger partial charge in [0.05, 0.1) is 12.2 Å². The Morgan fingerprint density at radius 2 is 0.976 bits per heavy atom. The summed E-state index contributed by atoms with van der Waals surface area (Å²) in [5.74, 6) is -0.0880. The summed E-state index contributed by atoms with van der Waals surface area (Å²) in [6, 6.07) is 19.7. The number of rotatable bonds is 2. The second-order valence-corrected chi connectivity index (χ2v) is 12.6. The normalized spacial score (nSPS) is 22.9. The first-order valence-corrected chi connectivity index (χ1v) is 14.2. The maximum absolute atomic E-state index is 12.1. The van der Waals surface area contributed by atoms with Crippen LogP contribution in [-0.2, 0) is 9.47 Å². The first-order chi connectivity index (χ1) is 18.7. The summed E-state index contributed by atoms with van der Waals surface area (Å²) in [7, 11) is 0. The number of hydrogen-bond acceptors (Lipinski definition) is 6. The maximum atomic E-state index is 12.1. The molecule has 2 heterocycles. The molecule has 0 unspecified atom stereocenters. The lowest BCUT2D eigenvalue weighted by Gasteiger charge is -2.37. The number of ether oxygens (including phenoxy) is 2. The zero-order valence-electron chi connectivity index (χ0n) is 24.7. The molecule has 2 aromatic rings. The summed E-state index contributed by atoms with van der Waals surface area (Å²) in [5, 5.41) is 20.4. The lowest BCUT2D eigenvalue weighted by atomic mass is 9.88. The van der Waals surface area contributed by atoms with Crippen LogP contribution in [0.25, 0.3) is 0 Å². The highest BCUT2D eigenvalue weighted by atomic mass is 16.6. The zero-order chi connectivity index (χ0) is 29.5. The number of amides is 2. The second-order valence-electron chi connectivity index (χ2n) is 12.6. The number of benzene rings is 2. The molecular weight excluding hydrogens is 520 g/mol. The van der Waals surface area contributed by atoms with Crippen molar-refractivity contribution in [3.05, 3.63) is 71.8 Å². The fraction of sp³-hybridized carbons (Fsp3) is 0.576. The Morgan fingerprint density at radius 3 is 1.27 bits per heavy atom. The third-order valence-corrected chi connectivity index (χ3v) is 6.91. The Bertz CT molecular complexity index is 993. The van der Waals surface area contributed by atoms with E-state index in [0.29, 0.717) is 39.0 Å². The van der Waals surface area contributed by atoms with E-state index in [1.807, 2.05) is 102 Å². The summed E-state index contributed by atoms with van der Waals surface area (Å²) < 4.78 is 10.8. The summed E-state index contributed by atoms with van der Waals surface area (Å²) in [5.41, 5.74) is 1.15. The highest BCUT2D eigenvalue weighted by Crippen LogP contribution is 2.29. The highest BCUT2D eigenvalue weighted by molar-refractivity contribution is 5.69. The largest absolute Gasteiger partial charge is 0.444 e. The van der Waals surface area contributed by atoms with Gasteiger partial charge in [-0.25, -0.2) is 9.59 Å². The number of carbonyl (C=O) groups excluding carboxylic acids is 2. The summed E-state index contributed by atoms with van der Waals surface area (Å²) in [4.78, 5) is 27.6. The van der Waals surface area contributed by atoms with Gasteiger partial charge in [0.1, 0.15) is 11.2 Å². The van der Waals surface area contributed by atoms with Crippen LogP contribution >= 0.6 is 0 Å². The molecule has 0 radical (unpaired) electrons. The Kier molecular flexibility index (Phi) is 12.2. The van der Waals surface area contributed by atoms with Gasteiger partial charge in [0.15, 0.2) is 0 Å². The molecule has 2 fully saturated rings. The SMILES string of the molecule is C.CC(C)(C)OC(=O)N1CC[C@@H](O)[C@H](c2ccccc2)C1.CC(C)(C)OC(=O)N1CC[C@H](O)[C@@H](c2ccccc2)C1. The fourth-order valence-corrected chi connectivity index (χ4v) is 4.92. The minimum Gasteiger partial charge on any atom is -0.444 e. The smallest absolute Gasteiger partial charge is 0.410 e. The molecule has 2 N–H and O–H groups in total. The van der Waals surface area contributed by atoms with Gasteiger partial charge in [0.2, 0.25) is 0 Å². The van der Waals surface area contributed by atoms with Crippen molar-refractivity contribution in [2.45, 2.75) is 97.1 Å². The number of nitrogens with zero attached hydrogens (tertiary/aromatic N) is 2. The average Bonchev–Trinajstić information content (AvgIpc) is 2.88. The van der Waals surface area contributed by atoms with Gasteiger partial charge < -0.3 is 29.5 Å². The molecule has 8 heteroatoms. The number of aliphatic hydroxyl groups is 2. The quantitative estimate of drug-likeness (QED) is 0.447. The van der Waals surface area contributed by atoms with Crippen LogP contribution in [0.15, 0.2) is 60.7 Å². The molecule has 0 bridgehead atoms. The molecule has 4 atom stereocenters. The van der Waals surface area contributed by atoms with Gasteiger partial charge in [-0.15, -0.1) is 0 Å². The van der Waals surface area contributed by atoms with Crippen LogP contribution in [0.4, 0.5) is 9.59 Å². The highest BCUT2D eigenvalue weighted by Gasteiger charge is 2.34. The van der Waals surface area contributed by atoms with Gasteiger partial charge in [-0.3, -0.25) is 0 Å². The van der Waals surface area contributed by atoms with Crippen molar-refractivity contribution in [3.63, 3.8) is 0 Å². The van der Waals surface area contributed by atoms with E-state index in [9.17, 15) is 19.8 Å². The van der Waals surface area contributed by atoms with Gasteiger partial charge in [0.25, 0.3) is 0 Å². The summed E-state index contributed by atoms with van der Waals surface area (Å²) in [6.45, 7) is 13.2. The predicted molar refractivity (Wildman–Crippen MR) is 162 cm³/mol. The van der Waals surface area contributed by atoms with Crippen LogP contribution in [0.1, 0.15) is 84.8 Å². The summed E-state index contributed by atoms with van der Waals surface area (Å²) in [6.07, 6.45) is -0.250. The van der Waals surface area contributed by atoms with Crippen molar-refractivity contribution >= 4 is 12.2 Å². The van der Waals surface area contributed by atoms with Gasteiger partial charge in [0, 0.05) is 38.0 Å². The molecular formula is C33H50N2O6. The van der Waals surface area contributed by atoms with Crippen molar-refractivity contribution in [2.24, 2.45) is 0 Å². The van der Waals surface area contributed by atoms with E-state index in [1.165, 1.54) is 0 Å². The number of hydrogen-bond donors (Lipinski definition) is 2. The van der Waals surface area contributed by atoms with E-state index in [0.717, 1.165) is 11.1 Å². The molecule has 228 valence electrons. The standard InChI is InChI=1S/2C16H23NO3.CH4/c2*1-16(2,3)20-15(19)17-10-9-14(18)13(11-17)12-7-5-4-6-8-12;/h2*4-8,13-14,18H,9-11H2,1-3H3;1H4/t2*13-,14+;/m10./s1. The van der Waals surface area contributed by atoms with Crippen LogP contribution in [-0.4, -0.2) is 81.8 Å². The Balaban J connectivity index is 0.000000280. The molecule has 2 amide bonds. The second kappa shape index (κ2) is 14.7. The average molecular weight is 571 g/mol. The molecule has 2 aliphatic heterocycles. The fourth-order valence-electron chi connectivity index (χ4n) is 4.92. The van der Waals surface area contributed by atoms with Crippen LogP contribution in [0.3, 0.4) is 0 Å². The van der Waals surface area contributed by atoms with Crippen LogP contribution < -0.4 is 0 Å². The van der Waals surface area contributed by atoms with Gasteiger partial charge in [-0.05, 0) is 65.5 Å². The first kappa shape index (κ1) is 34.1. The number of aliphatic hydroxyl groups excluding tert-OH is 2. The molecule has 8 nitrogen and oxygen atoms in total. The van der Waals surface area contributed by atoms with E-state index < -0.39 is 23.4 Å². The molecule has 2 saturated heterocycles. The first-order valence-electron chi connectivity index (χ1n) is 14.2. The van der Waals surface area contributed by atoms with Gasteiger partial charge in [-0.1, -0.05) is 68.1 Å². The van der Waals surface area contributed by atoms with E-state index in [1.54, 1.807) is 9.80 Å². The van der Waals surface area contributed by atoms with E-state index >= 15 is 0 Å². The lowest BCUT2D eigenvalue weighted by Crippen LogP contribution is -2.46. The molecule has 2 aliphatic rings. The van der Waals surface area contributed by atoms with Crippen molar-refractivity contribution in [1.82, 2.24) is 9.80 Å². The molecule has 0 spiro atoms. The molecule has 0 aromatic heterocycles. The Labute approximate surface area is 246 Å². The third kappa shape index (κ3) is 10.7. The van der Waals surface area contributed by atoms with Crippen LogP contribution in [0.2, 0.25) is 0 Å². The van der Waals surface area contributed by atoms with E-state index in [-0.39, 0.29) is 31.4 Å². The van der Waals surface area contributed by atoms with Gasteiger partial charge in [-0.2, -0.15) is 0 Å². The number of likely N-dealkylation sites (tertiary alicyclic amines) is 2. The molecule has 41 heavy (non-hydrogen) atoms. The number of carbonyl (C=O) groups is 2. The van der Waals surface area contributed by atoms with Crippen molar-refractivity contribution in [1.29, 1.82) is 0 Å². The third-order valence-electron chi connectivity index (χ3n) is 6.91.